The molecule has 0 amide bonds. The lowest BCUT2D eigenvalue weighted by Crippen LogP contribution is -2.37. The fourth-order valence-corrected chi connectivity index (χ4v) is 2.30. The first-order valence-corrected chi connectivity index (χ1v) is 5.75. The first-order chi connectivity index (χ1) is 6.45. The average Bonchev–Trinajstić information content (AvgIpc) is 2.21. The summed E-state index contributed by atoms with van der Waals surface area (Å²) in [5.74, 6) is 1.29. The number of hydrogen-bond acceptors (Lipinski definition) is 2. The van der Waals surface area contributed by atoms with Crippen LogP contribution in [0.4, 0.5) is 0 Å². The third-order valence-electron chi connectivity index (χ3n) is 3.10. The molecule has 0 spiro atoms. The maximum Gasteiger partial charge on any atom is 0.0965 e. The van der Waals surface area contributed by atoms with Crippen molar-refractivity contribution in [1.29, 1.82) is 0 Å². The summed E-state index contributed by atoms with van der Waals surface area (Å²) >= 11 is 0. The van der Waals surface area contributed by atoms with Gasteiger partial charge in [-0.15, -0.1) is 24.0 Å². The van der Waals surface area contributed by atoms with Crippen LogP contribution in [0.5, 0.6) is 0 Å². The Morgan fingerprint density at radius 1 is 1.00 bits per heavy atom. The van der Waals surface area contributed by atoms with Gasteiger partial charge in [0.1, 0.15) is 0 Å². The van der Waals surface area contributed by atoms with Crippen molar-refractivity contribution >= 4 is 29.8 Å². The zero-order valence-electron chi connectivity index (χ0n) is 8.80. The van der Waals surface area contributed by atoms with E-state index in [9.17, 15) is 0 Å². The fourth-order valence-electron chi connectivity index (χ4n) is 2.30. The van der Waals surface area contributed by atoms with E-state index >= 15 is 0 Å². The summed E-state index contributed by atoms with van der Waals surface area (Å²) in [7, 11) is 0. The molecule has 2 aliphatic rings. The summed E-state index contributed by atoms with van der Waals surface area (Å²) in [6, 6.07) is 0.741. The van der Waals surface area contributed by atoms with Crippen molar-refractivity contribution in [1.82, 2.24) is 5.32 Å². The molecular weight excluding hydrogens is 287 g/mol. The summed E-state index contributed by atoms with van der Waals surface area (Å²) in [4.78, 5) is 4.53. The van der Waals surface area contributed by atoms with Crippen LogP contribution in [0.3, 0.4) is 0 Å². The molecule has 1 saturated carbocycles. The van der Waals surface area contributed by atoms with Gasteiger partial charge >= 0.3 is 0 Å². The Kier molecular flexibility index (Phi) is 5.82. The molecule has 1 aliphatic heterocycles. The summed E-state index contributed by atoms with van der Waals surface area (Å²) in [5.41, 5.74) is 0. The van der Waals surface area contributed by atoms with Crippen LogP contribution in [0.1, 0.15) is 51.4 Å². The molecule has 0 aromatic rings. The van der Waals surface area contributed by atoms with Crippen LogP contribution >= 0.6 is 24.0 Å². The van der Waals surface area contributed by atoms with E-state index in [2.05, 4.69) is 10.3 Å². The van der Waals surface area contributed by atoms with Crippen LogP contribution in [-0.2, 0) is 0 Å². The quantitative estimate of drug-likeness (QED) is 0.740. The monoisotopic (exact) mass is 308 g/mol. The van der Waals surface area contributed by atoms with Crippen LogP contribution in [0.25, 0.3) is 0 Å². The average molecular weight is 308 g/mol. The normalized spacial score (nSPS) is 23.6. The van der Waals surface area contributed by atoms with E-state index in [4.69, 9.17) is 0 Å². The summed E-state index contributed by atoms with van der Waals surface area (Å²) in [5, 5.41) is 3.61. The molecule has 0 atom stereocenters. The Balaban J connectivity index is 0.000000980. The van der Waals surface area contributed by atoms with E-state index in [-0.39, 0.29) is 24.0 Å². The van der Waals surface area contributed by atoms with Gasteiger partial charge in [-0.25, -0.2) is 0 Å². The second-order valence-electron chi connectivity index (χ2n) is 4.26. The smallest absolute Gasteiger partial charge is 0.0965 e. The van der Waals surface area contributed by atoms with E-state index in [0.29, 0.717) is 0 Å². The molecular formula is C11H21IN2. The third-order valence-corrected chi connectivity index (χ3v) is 3.10. The maximum absolute atomic E-state index is 4.53. The topological polar surface area (TPSA) is 24.4 Å². The largest absolute Gasteiger partial charge is 0.371 e. The molecule has 1 aliphatic carbocycles. The highest BCUT2D eigenvalue weighted by atomic mass is 127. The zero-order chi connectivity index (χ0) is 8.93. The van der Waals surface area contributed by atoms with Crippen LogP contribution in [-0.4, -0.2) is 18.4 Å². The van der Waals surface area contributed by atoms with Gasteiger partial charge < -0.3 is 5.32 Å². The van der Waals surface area contributed by atoms with Gasteiger partial charge in [0.2, 0.25) is 0 Å². The fraction of sp³-hybridized carbons (Fsp3) is 0.909. The molecule has 2 rings (SSSR count). The molecule has 82 valence electrons. The molecule has 3 heteroatoms. The van der Waals surface area contributed by atoms with Gasteiger partial charge in [-0.3, -0.25) is 4.99 Å². The molecule has 0 saturated heterocycles. The number of nitrogens with zero attached hydrogens (tertiary/aromatic N) is 1. The van der Waals surface area contributed by atoms with Crippen molar-refractivity contribution < 1.29 is 0 Å². The third kappa shape index (κ3) is 3.75. The predicted octanol–water partition coefficient (Wildman–Crippen LogP) is 3.11. The van der Waals surface area contributed by atoms with Gasteiger partial charge in [0.05, 0.1) is 5.84 Å². The van der Waals surface area contributed by atoms with Crippen molar-refractivity contribution in [2.24, 2.45) is 4.99 Å². The summed E-state index contributed by atoms with van der Waals surface area (Å²) in [6.07, 6.45) is 10.8. The number of rotatable bonds is 1. The lowest BCUT2D eigenvalue weighted by molar-refractivity contribution is 0.410. The van der Waals surface area contributed by atoms with Gasteiger partial charge in [0.25, 0.3) is 0 Å². The molecule has 0 bridgehead atoms. The van der Waals surface area contributed by atoms with Crippen molar-refractivity contribution in [2.45, 2.75) is 57.4 Å². The highest BCUT2D eigenvalue weighted by Gasteiger charge is 2.15. The second kappa shape index (κ2) is 6.64. The highest BCUT2D eigenvalue weighted by Crippen LogP contribution is 2.18. The standard InChI is InChI=1S/C11H20N2.HI/c1-2-6-10(7-3-1)13-11-8-4-5-9-12-11;/h10H,1-9H2,(H,12,13);1H. The lowest BCUT2D eigenvalue weighted by atomic mass is 9.95. The van der Waals surface area contributed by atoms with E-state index in [0.717, 1.165) is 12.6 Å². The molecule has 0 aromatic carbocycles. The molecule has 1 N–H and O–H groups in total. The molecule has 1 fully saturated rings. The number of halogens is 1. The van der Waals surface area contributed by atoms with Gasteiger partial charge in [0, 0.05) is 19.0 Å². The van der Waals surface area contributed by atoms with Crippen LogP contribution < -0.4 is 5.32 Å². The first-order valence-electron chi connectivity index (χ1n) is 5.75. The second-order valence-corrected chi connectivity index (χ2v) is 4.26. The van der Waals surface area contributed by atoms with Gasteiger partial charge in [0.15, 0.2) is 0 Å². The number of nitrogens with one attached hydrogen (secondary N) is 1. The van der Waals surface area contributed by atoms with E-state index in [1.54, 1.807) is 0 Å². The summed E-state index contributed by atoms with van der Waals surface area (Å²) in [6.45, 7) is 1.05. The number of hydrogen-bond donors (Lipinski definition) is 1. The van der Waals surface area contributed by atoms with Gasteiger partial charge in [-0.1, -0.05) is 19.3 Å². The van der Waals surface area contributed by atoms with Crippen molar-refractivity contribution in [3.8, 4) is 0 Å². The van der Waals surface area contributed by atoms with Gasteiger partial charge in [-0.2, -0.15) is 0 Å². The van der Waals surface area contributed by atoms with Crippen LogP contribution in [0.2, 0.25) is 0 Å². The molecule has 0 aromatic heterocycles. The van der Waals surface area contributed by atoms with Crippen LogP contribution in [0, 0.1) is 0 Å². The minimum Gasteiger partial charge on any atom is -0.371 e. The van der Waals surface area contributed by atoms with Crippen molar-refractivity contribution in [3.05, 3.63) is 0 Å². The Morgan fingerprint density at radius 3 is 2.43 bits per heavy atom. The minimum atomic E-state index is 0. The predicted molar refractivity (Wildman–Crippen MR) is 71.6 cm³/mol. The molecule has 14 heavy (non-hydrogen) atoms. The van der Waals surface area contributed by atoms with E-state index in [1.165, 1.54) is 57.2 Å². The van der Waals surface area contributed by atoms with E-state index < -0.39 is 0 Å². The molecule has 0 unspecified atom stereocenters. The zero-order valence-corrected chi connectivity index (χ0v) is 11.1. The maximum atomic E-state index is 4.53. The lowest BCUT2D eigenvalue weighted by Gasteiger charge is -2.25. The van der Waals surface area contributed by atoms with Crippen LogP contribution in [0.15, 0.2) is 4.99 Å². The van der Waals surface area contributed by atoms with Crippen molar-refractivity contribution in [3.63, 3.8) is 0 Å². The number of aliphatic imine (C=N–C) groups is 1. The first kappa shape index (κ1) is 12.3. The Bertz CT molecular complexity index is 186. The van der Waals surface area contributed by atoms with Gasteiger partial charge in [-0.05, 0) is 25.7 Å². The van der Waals surface area contributed by atoms with E-state index in [1.807, 2.05) is 0 Å². The summed E-state index contributed by atoms with van der Waals surface area (Å²) < 4.78 is 0. The minimum absolute atomic E-state index is 0. The molecule has 2 nitrogen and oxygen atoms in total. The Labute approximate surface area is 104 Å². The Hall–Kier alpha value is 0.200. The molecule has 1 heterocycles. The van der Waals surface area contributed by atoms with Crippen molar-refractivity contribution in [2.75, 3.05) is 6.54 Å². The Morgan fingerprint density at radius 2 is 1.79 bits per heavy atom. The highest BCUT2D eigenvalue weighted by molar-refractivity contribution is 14.0. The number of amidine groups is 1. The SMILES string of the molecule is C1CCC(NC2=NCCCC2)CC1.I. The molecule has 0 radical (unpaired) electrons.